The monoisotopic (exact) mass is 312 g/mol. The average molecular weight is 312 g/mol. The lowest BCUT2D eigenvalue weighted by molar-refractivity contribution is -0.113. The number of hydrogen-bond acceptors (Lipinski definition) is 3. The molecule has 0 atom stereocenters. The fraction of sp³-hybridized carbons (Fsp3) is 0.0588. The van der Waals surface area contributed by atoms with Gasteiger partial charge in [-0.2, -0.15) is 0 Å². The Hall–Kier alpha value is -2.40. The van der Waals surface area contributed by atoms with E-state index >= 15 is 0 Å². The third-order valence-electron chi connectivity index (χ3n) is 3.06. The number of benzene rings is 2. The predicted octanol–water partition coefficient (Wildman–Crippen LogP) is 4.10. The van der Waals surface area contributed by atoms with E-state index < -0.39 is 0 Å². The fourth-order valence-corrected chi connectivity index (χ4v) is 2.94. The molecule has 1 heterocycles. The largest absolute Gasteiger partial charge is 0.325 e. The number of carbonyl (C=O) groups is 1. The summed E-state index contributed by atoms with van der Waals surface area (Å²) in [6.45, 7) is 0. The molecule has 0 radical (unpaired) electrons. The summed E-state index contributed by atoms with van der Waals surface area (Å²) in [6, 6.07) is 15.6. The highest BCUT2D eigenvalue weighted by atomic mass is 32.2. The quantitative estimate of drug-likeness (QED) is 0.737. The Labute approximate surface area is 131 Å². The van der Waals surface area contributed by atoms with Gasteiger partial charge in [0.25, 0.3) is 0 Å². The van der Waals surface area contributed by atoms with Crippen LogP contribution in [0, 0.1) is 5.82 Å². The predicted molar refractivity (Wildman–Crippen MR) is 87.5 cm³/mol. The molecule has 0 saturated carbocycles. The molecule has 0 saturated heterocycles. The van der Waals surface area contributed by atoms with Gasteiger partial charge in [-0.15, -0.1) is 11.8 Å². The first-order valence-electron chi connectivity index (χ1n) is 6.74. The van der Waals surface area contributed by atoms with Gasteiger partial charge in [0, 0.05) is 22.2 Å². The van der Waals surface area contributed by atoms with Crippen molar-refractivity contribution in [2.24, 2.45) is 0 Å². The SMILES string of the molecule is O=C(CSc1cccc2cccnc12)Nc1cccc(F)c1. The zero-order chi connectivity index (χ0) is 15.4. The second kappa shape index (κ2) is 6.58. The maximum absolute atomic E-state index is 13.1. The molecule has 0 aliphatic carbocycles. The molecule has 1 aromatic heterocycles. The van der Waals surface area contributed by atoms with Crippen LogP contribution in [0.2, 0.25) is 0 Å². The van der Waals surface area contributed by atoms with Gasteiger partial charge in [0.1, 0.15) is 5.82 Å². The molecule has 0 unspecified atom stereocenters. The Morgan fingerprint density at radius 3 is 2.82 bits per heavy atom. The number of pyridine rings is 1. The Bertz CT molecular complexity index is 817. The van der Waals surface area contributed by atoms with E-state index in [1.807, 2.05) is 30.3 Å². The number of fused-ring (bicyclic) bond motifs is 1. The second-order valence-electron chi connectivity index (χ2n) is 4.68. The number of amides is 1. The summed E-state index contributed by atoms with van der Waals surface area (Å²) in [7, 11) is 0. The van der Waals surface area contributed by atoms with E-state index in [1.54, 1.807) is 18.3 Å². The van der Waals surface area contributed by atoms with E-state index in [0.29, 0.717) is 5.69 Å². The molecule has 1 amide bonds. The average Bonchev–Trinajstić information content (AvgIpc) is 2.53. The van der Waals surface area contributed by atoms with Crippen LogP contribution in [0.1, 0.15) is 0 Å². The van der Waals surface area contributed by atoms with Gasteiger partial charge in [-0.3, -0.25) is 9.78 Å². The van der Waals surface area contributed by atoms with Crippen LogP contribution in [0.15, 0.2) is 65.7 Å². The standard InChI is InChI=1S/C17H13FN2OS/c18-13-6-2-7-14(10-13)20-16(21)11-22-15-8-1-4-12-5-3-9-19-17(12)15/h1-10H,11H2,(H,20,21). The van der Waals surface area contributed by atoms with Crippen molar-refractivity contribution in [3.05, 3.63) is 66.6 Å². The van der Waals surface area contributed by atoms with Crippen molar-refractivity contribution >= 4 is 34.3 Å². The summed E-state index contributed by atoms with van der Waals surface area (Å²) < 4.78 is 13.1. The fourth-order valence-electron chi connectivity index (χ4n) is 2.10. The molecular weight excluding hydrogens is 299 g/mol. The highest BCUT2D eigenvalue weighted by Gasteiger charge is 2.07. The molecule has 3 aromatic rings. The minimum absolute atomic E-state index is 0.177. The number of rotatable bonds is 4. The topological polar surface area (TPSA) is 42.0 Å². The zero-order valence-electron chi connectivity index (χ0n) is 11.6. The van der Waals surface area contributed by atoms with Crippen molar-refractivity contribution in [3.8, 4) is 0 Å². The number of thioether (sulfide) groups is 1. The summed E-state index contributed by atoms with van der Waals surface area (Å²) in [6.07, 6.45) is 1.74. The Balaban J connectivity index is 1.68. The summed E-state index contributed by atoms with van der Waals surface area (Å²) in [4.78, 5) is 17.3. The maximum Gasteiger partial charge on any atom is 0.234 e. The van der Waals surface area contributed by atoms with E-state index in [1.165, 1.54) is 23.9 Å². The first-order chi connectivity index (χ1) is 10.7. The van der Waals surface area contributed by atoms with Crippen molar-refractivity contribution in [1.82, 2.24) is 4.98 Å². The minimum Gasteiger partial charge on any atom is -0.325 e. The normalized spacial score (nSPS) is 10.6. The molecule has 0 spiro atoms. The van der Waals surface area contributed by atoms with Crippen LogP contribution in [0.4, 0.5) is 10.1 Å². The molecule has 0 aliphatic rings. The van der Waals surface area contributed by atoms with Gasteiger partial charge in [0.2, 0.25) is 5.91 Å². The molecule has 110 valence electrons. The van der Waals surface area contributed by atoms with E-state index in [4.69, 9.17) is 0 Å². The lowest BCUT2D eigenvalue weighted by Gasteiger charge is -2.07. The van der Waals surface area contributed by atoms with Gasteiger partial charge in [-0.05, 0) is 30.3 Å². The Kier molecular flexibility index (Phi) is 4.34. The van der Waals surface area contributed by atoms with Crippen molar-refractivity contribution in [2.45, 2.75) is 4.90 Å². The number of carbonyl (C=O) groups excluding carboxylic acids is 1. The van der Waals surface area contributed by atoms with Crippen LogP contribution in [-0.4, -0.2) is 16.6 Å². The first-order valence-corrected chi connectivity index (χ1v) is 7.73. The summed E-state index contributed by atoms with van der Waals surface area (Å²) in [5.74, 6) is -0.307. The molecule has 0 fully saturated rings. The summed E-state index contributed by atoms with van der Waals surface area (Å²) in [5, 5.41) is 3.72. The number of nitrogens with zero attached hydrogens (tertiary/aromatic N) is 1. The minimum atomic E-state index is -0.372. The second-order valence-corrected chi connectivity index (χ2v) is 5.70. The number of nitrogens with one attached hydrogen (secondary N) is 1. The molecular formula is C17H13FN2OS. The van der Waals surface area contributed by atoms with Gasteiger partial charge in [-0.1, -0.05) is 24.3 Å². The molecule has 3 rings (SSSR count). The van der Waals surface area contributed by atoms with Gasteiger partial charge >= 0.3 is 0 Å². The van der Waals surface area contributed by atoms with Gasteiger partial charge in [0.05, 0.1) is 11.3 Å². The molecule has 0 aliphatic heterocycles. The smallest absolute Gasteiger partial charge is 0.234 e. The number of hydrogen-bond donors (Lipinski definition) is 1. The zero-order valence-corrected chi connectivity index (χ0v) is 12.4. The maximum atomic E-state index is 13.1. The lowest BCUT2D eigenvalue weighted by atomic mass is 10.2. The lowest BCUT2D eigenvalue weighted by Crippen LogP contribution is -2.14. The molecule has 3 nitrogen and oxygen atoms in total. The molecule has 0 bridgehead atoms. The number of anilines is 1. The van der Waals surface area contributed by atoms with E-state index in [9.17, 15) is 9.18 Å². The number of halogens is 1. The van der Waals surface area contributed by atoms with Crippen LogP contribution < -0.4 is 5.32 Å². The van der Waals surface area contributed by atoms with Gasteiger partial charge in [-0.25, -0.2) is 4.39 Å². The first kappa shape index (κ1) is 14.5. The molecule has 1 N–H and O–H groups in total. The van der Waals surface area contributed by atoms with Crippen molar-refractivity contribution in [3.63, 3.8) is 0 Å². The molecule has 2 aromatic carbocycles. The van der Waals surface area contributed by atoms with Crippen LogP contribution in [0.25, 0.3) is 10.9 Å². The van der Waals surface area contributed by atoms with E-state index in [2.05, 4.69) is 10.3 Å². The Morgan fingerprint density at radius 1 is 1.14 bits per heavy atom. The summed E-state index contributed by atoms with van der Waals surface area (Å²) >= 11 is 1.41. The van der Waals surface area contributed by atoms with E-state index in [-0.39, 0.29) is 17.5 Å². The van der Waals surface area contributed by atoms with Gasteiger partial charge in [0.15, 0.2) is 0 Å². The van der Waals surface area contributed by atoms with Crippen LogP contribution in [0.5, 0.6) is 0 Å². The highest BCUT2D eigenvalue weighted by Crippen LogP contribution is 2.26. The summed E-state index contributed by atoms with van der Waals surface area (Å²) in [5.41, 5.74) is 1.34. The number of aromatic nitrogens is 1. The van der Waals surface area contributed by atoms with Crippen molar-refractivity contribution in [2.75, 3.05) is 11.1 Å². The van der Waals surface area contributed by atoms with Crippen LogP contribution in [-0.2, 0) is 4.79 Å². The Morgan fingerprint density at radius 2 is 1.95 bits per heavy atom. The van der Waals surface area contributed by atoms with Crippen LogP contribution in [0.3, 0.4) is 0 Å². The molecule has 5 heteroatoms. The molecule has 22 heavy (non-hydrogen) atoms. The van der Waals surface area contributed by atoms with Crippen molar-refractivity contribution in [1.29, 1.82) is 0 Å². The van der Waals surface area contributed by atoms with Gasteiger partial charge < -0.3 is 5.32 Å². The van der Waals surface area contributed by atoms with E-state index in [0.717, 1.165) is 15.8 Å². The third-order valence-corrected chi connectivity index (χ3v) is 4.11. The van der Waals surface area contributed by atoms with Crippen LogP contribution >= 0.6 is 11.8 Å². The van der Waals surface area contributed by atoms with Crippen molar-refractivity contribution < 1.29 is 9.18 Å². The number of para-hydroxylation sites is 1. The third kappa shape index (κ3) is 3.43. The highest BCUT2D eigenvalue weighted by molar-refractivity contribution is 8.00.